The van der Waals surface area contributed by atoms with E-state index in [9.17, 15) is 0 Å². The Hall–Kier alpha value is -3.73. The Labute approximate surface area is 187 Å². The molecule has 0 amide bonds. The number of H-pyrrole nitrogens is 2. The molecule has 0 fully saturated rings. The first-order chi connectivity index (χ1) is 15.2. The van der Waals surface area contributed by atoms with Crippen molar-refractivity contribution in [3.05, 3.63) is 95.8 Å². The van der Waals surface area contributed by atoms with Gasteiger partial charge in [-0.2, -0.15) is 0 Å². The Kier molecular flexibility index (Phi) is 5.31. The van der Waals surface area contributed by atoms with Crippen molar-refractivity contribution in [1.82, 2.24) is 24.9 Å². The molecule has 8 bridgehead atoms. The molecule has 0 aliphatic carbocycles. The summed E-state index contributed by atoms with van der Waals surface area (Å²) in [6.07, 6.45) is 11.6. The molecule has 0 saturated carbocycles. The molecule has 6 heterocycles. The number of nitrogens with one attached hydrogen (secondary N) is 2. The van der Waals surface area contributed by atoms with Crippen molar-refractivity contribution in [3.63, 3.8) is 0 Å². The van der Waals surface area contributed by atoms with Crippen LogP contribution in [0.1, 0.15) is 22.8 Å². The monoisotopic (exact) mass is 443 g/mol. The fourth-order valence-electron chi connectivity index (χ4n) is 3.28. The average Bonchev–Trinajstić information content (AvgIpc) is 3.55. The zero-order valence-corrected chi connectivity index (χ0v) is 17.6. The van der Waals surface area contributed by atoms with E-state index in [1.807, 2.05) is 60.7 Å². The van der Waals surface area contributed by atoms with Gasteiger partial charge < -0.3 is 9.97 Å². The zero-order valence-electron chi connectivity index (χ0n) is 16.5. The molecule has 2 aliphatic heterocycles. The Balaban J connectivity index is 0.000000250. The molecule has 0 aromatic carbocycles. The summed E-state index contributed by atoms with van der Waals surface area (Å²) in [7, 11) is 0. The van der Waals surface area contributed by atoms with E-state index in [2.05, 4.69) is 65.2 Å². The second-order valence-electron chi connectivity index (χ2n) is 7.07. The zero-order chi connectivity index (χ0) is 21.0. The summed E-state index contributed by atoms with van der Waals surface area (Å²) in [5, 5.41) is 0. The van der Waals surface area contributed by atoms with Crippen molar-refractivity contribution in [2.45, 2.75) is 0 Å². The number of aromatic nitrogens is 5. The molecule has 0 radical (unpaired) electrons. The number of aromatic amines is 2. The third-order valence-corrected chi connectivity index (χ3v) is 5.08. The Morgan fingerprint density at radius 1 is 0.516 bits per heavy atom. The van der Waals surface area contributed by atoms with Crippen LogP contribution in [0.2, 0.25) is 0 Å². The van der Waals surface area contributed by atoms with Gasteiger partial charge >= 0.3 is 50.0 Å². The second-order valence-corrected chi connectivity index (χ2v) is 7.75. The Morgan fingerprint density at radius 3 is 1.16 bits per heavy atom. The van der Waals surface area contributed by atoms with Gasteiger partial charge in [-0.05, 0) is 72.8 Å². The molecule has 2 N–H and O–H groups in total. The fraction of sp³-hybridized carbons (Fsp3) is 0. The van der Waals surface area contributed by atoms with E-state index in [0.29, 0.717) is 0 Å². The summed E-state index contributed by atoms with van der Waals surface area (Å²) >= 11 is 3.27. The van der Waals surface area contributed by atoms with Gasteiger partial charge in [-0.25, -0.2) is 9.97 Å². The molecule has 4 aromatic heterocycles. The molecule has 6 heteroatoms. The first kappa shape index (κ1) is 19.2. The minimum atomic E-state index is 0.939. The second kappa shape index (κ2) is 8.56. The van der Waals surface area contributed by atoms with Crippen LogP contribution in [0.25, 0.3) is 46.4 Å². The number of hydrogen-bond donors (Lipinski definition) is 2. The quantitative estimate of drug-likeness (QED) is 0.328. The maximum absolute atomic E-state index is 4.63. The summed E-state index contributed by atoms with van der Waals surface area (Å²) in [6.45, 7) is 0. The van der Waals surface area contributed by atoms with Crippen molar-refractivity contribution in [2.75, 3.05) is 0 Å². The third kappa shape index (κ3) is 4.89. The van der Waals surface area contributed by atoms with Gasteiger partial charge in [0.1, 0.15) is 0 Å². The van der Waals surface area contributed by atoms with E-state index >= 15 is 0 Å². The predicted molar refractivity (Wildman–Crippen MR) is 123 cm³/mol. The number of hydrogen-bond acceptors (Lipinski definition) is 3. The van der Waals surface area contributed by atoms with Crippen LogP contribution in [0, 0.1) is 0 Å². The van der Waals surface area contributed by atoms with Gasteiger partial charge in [0.2, 0.25) is 0 Å². The summed E-state index contributed by atoms with van der Waals surface area (Å²) in [5.74, 6) is 0. The number of pyridine rings is 1. The molecule has 0 atom stereocenters. The van der Waals surface area contributed by atoms with Crippen LogP contribution in [0.3, 0.4) is 0 Å². The summed E-state index contributed by atoms with van der Waals surface area (Å²) in [4.78, 5) is 19.8. The SMILES string of the molecule is C1=Cc2cc3ccc(cc4nc(cc5ccc(cc1n2)[nH]5)C=C4)[nH]3.[Mn][c]1ccncc1. The standard InChI is InChI=1S/C20H14N4.C5H4N.Mn/c1-2-14-10-16-5-6-18(23-16)12-20-8-7-19(24-20)11-17-4-3-15(22-17)9-13(1)21-14;1-2-4-6-5-3-1;/h1-12,21,24H;2-5H;. The van der Waals surface area contributed by atoms with Gasteiger partial charge in [0.15, 0.2) is 0 Å². The normalized spacial score (nSPS) is 11.8. The Bertz CT molecular complexity index is 1270. The van der Waals surface area contributed by atoms with E-state index < -0.39 is 0 Å². The molecule has 2 aliphatic rings. The molecule has 150 valence electrons. The van der Waals surface area contributed by atoms with Gasteiger partial charge in [-0.1, -0.05) is 0 Å². The summed E-state index contributed by atoms with van der Waals surface area (Å²) in [6, 6.07) is 20.1. The number of rotatable bonds is 0. The van der Waals surface area contributed by atoms with Gasteiger partial charge in [0.25, 0.3) is 0 Å². The maximum atomic E-state index is 4.63. The molecule has 31 heavy (non-hydrogen) atoms. The molecule has 5 nitrogen and oxygen atoms in total. The van der Waals surface area contributed by atoms with E-state index in [1.165, 1.54) is 0 Å². The van der Waals surface area contributed by atoms with Crippen LogP contribution in [0.5, 0.6) is 0 Å². The molecule has 4 aromatic rings. The van der Waals surface area contributed by atoms with Gasteiger partial charge in [0.05, 0.1) is 22.8 Å². The van der Waals surface area contributed by atoms with Crippen molar-refractivity contribution < 1.29 is 16.0 Å². The van der Waals surface area contributed by atoms with Crippen LogP contribution in [-0.2, 0) is 16.0 Å². The van der Waals surface area contributed by atoms with Crippen LogP contribution in [0.4, 0.5) is 0 Å². The van der Waals surface area contributed by atoms with Crippen molar-refractivity contribution in [2.24, 2.45) is 0 Å². The van der Waals surface area contributed by atoms with E-state index in [1.54, 1.807) is 12.4 Å². The van der Waals surface area contributed by atoms with Crippen LogP contribution < -0.4 is 4.46 Å². The first-order valence-corrected chi connectivity index (χ1v) is 10.4. The molecule has 0 spiro atoms. The molecular formula is C25H18MnN5. The first-order valence-electron chi connectivity index (χ1n) is 9.80. The number of nitrogens with zero attached hydrogens (tertiary/aromatic N) is 3. The Morgan fingerprint density at radius 2 is 0.871 bits per heavy atom. The molecule has 6 rings (SSSR count). The molecule has 0 saturated heterocycles. The van der Waals surface area contributed by atoms with Gasteiger partial charge in [-0.3, -0.25) is 0 Å². The van der Waals surface area contributed by atoms with E-state index in [-0.39, 0.29) is 0 Å². The predicted octanol–water partition coefficient (Wildman–Crippen LogP) is 4.91. The van der Waals surface area contributed by atoms with Crippen LogP contribution in [-0.4, -0.2) is 24.9 Å². The summed E-state index contributed by atoms with van der Waals surface area (Å²) in [5.41, 5.74) is 7.86. The number of fused-ring (bicyclic) bond motifs is 8. The third-order valence-electron chi connectivity index (χ3n) is 4.68. The fourth-order valence-corrected chi connectivity index (χ4v) is 3.45. The van der Waals surface area contributed by atoms with E-state index in [4.69, 9.17) is 0 Å². The van der Waals surface area contributed by atoms with Crippen LogP contribution >= 0.6 is 0 Å². The molecular weight excluding hydrogens is 425 g/mol. The average molecular weight is 443 g/mol. The van der Waals surface area contributed by atoms with Gasteiger partial charge in [-0.15, -0.1) is 0 Å². The molecule has 0 unspecified atom stereocenters. The van der Waals surface area contributed by atoms with E-state index in [0.717, 1.165) is 49.3 Å². The summed E-state index contributed by atoms with van der Waals surface area (Å²) < 4.78 is 1.07. The van der Waals surface area contributed by atoms with Crippen LogP contribution in [0.15, 0.2) is 73.1 Å². The van der Waals surface area contributed by atoms with Gasteiger partial charge in [0, 0.05) is 22.1 Å². The van der Waals surface area contributed by atoms with Crippen molar-refractivity contribution in [3.8, 4) is 0 Å². The minimum absolute atomic E-state index is 0.939. The van der Waals surface area contributed by atoms with Crippen molar-refractivity contribution in [1.29, 1.82) is 0 Å². The van der Waals surface area contributed by atoms with Crippen molar-refractivity contribution >= 4 is 50.8 Å². The topological polar surface area (TPSA) is 70.2 Å².